The third-order valence-corrected chi connectivity index (χ3v) is 3.30. The van der Waals surface area contributed by atoms with E-state index in [4.69, 9.17) is 4.74 Å². The number of methoxy groups -OCH3 is 1. The summed E-state index contributed by atoms with van der Waals surface area (Å²) in [5.74, 6) is 1.06. The van der Waals surface area contributed by atoms with Crippen LogP contribution >= 0.6 is 0 Å². The Bertz CT molecular complexity index is 770. The van der Waals surface area contributed by atoms with Crippen molar-refractivity contribution in [2.24, 2.45) is 0 Å². The largest absolute Gasteiger partial charge is 0.508 e. The second-order valence-electron chi connectivity index (χ2n) is 4.87. The number of pyridine rings is 1. The maximum Gasteiger partial charge on any atom is 0.119 e. The Balaban J connectivity index is 1.84. The summed E-state index contributed by atoms with van der Waals surface area (Å²) >= 11 is 0. The molecule has 0 aliphatic carbocycles. The number of hydrogen-bond donors (Lipinski definition) is 2. The lowest BCUT2D eigenvalue weighted by atomic mass is 10.1. The number of nitrogens with one attached hydrogen (secondary N) is 1. The number of hydrogen-bond acceptors (Lipinski definition) is 4. The molecule has 2 N–H and O–H groups in total. The van der Waals surface area contributed by atoms with Gasteiger partial charge in [0.15, 0.2) is 0 Å². The summed E-state index contributed by atoms with van der Waals surface area (Å²) in [6.45, 7) is 0. The van der Waals surface area contributed by atoms with E-state index >= 15 is 0 Å². The zero-order chi connectivity index (χ0) is 15.4. The van der Waals surface area contributed by atoms with Crippen LogP contribution in [-0.2, 0) is 0 Å². The summed E-state index contributed by atoms with van der Waals surface area (Å²) in [4.78, 5) is 4.25. The molecule has 0 fully saturated rings. The molecule has 0 aliphatic heterocycles. The van der Waals surface area contributed by atoms with Gasteiger partial charge in [0.05, 0.1) is 19.0 Å². The monoisotopic (exact) mass is 292 g/mol. The Morgan fingerprint density at radius 2 is 1.73 bits per heavy atom. The van der Waals surface area contributed by atoms with Crippen LogP contribution in [0.2, 0.25) is 0 Å². The van der Waals surface area contributed by atoms with Gasteiger partial charge in [-0.2, -0.15) is 0 Å². The summed E-state index contributed by atoms with van der Waals surface area (Å²) < 4.78 is 5.14. The molecule has 3 aromatic rings. The molecule has 0 saturated heterocycles. The minimum atomic E-state index is 0.242. The summed E-state index contributed by atoms with van der Waals surface area (Å²) in [5, 5.41) is 12.9. The first kappa shape index (κ1) is 13.9. The Morgan fingerprint density at radius 3 is 2.45 bits per heavy atom. The highest BCUT2D eigenvalue weighted by atomic mass is 16.5. The van der Waals surface area contributed by atoms with E-state index in [1.807, 2.05) is 42.5 Å². The van der Waals surface area contributed by atoms with Crippen molar-refractivity contribution in [1.29, 1.82) is 0 Å². The minimum Gasteiger partial charge on any atom is -0.508 e. The predicted octanol–water partition coefficient (Wildman–Crippen LogP) is 4.21. The number of benzene rings is 2. The van der Waals surface area contributed by atoms with Gasteiger partial charge in [-0.1, -0.05) is 12.1 Å². The number of ether oxygens (including phenoxy) is 1. The number of phenolic OH excluding ortho intramolecular Hbond substituents is 1. The molecule has 1 heterocycles. The van der Waals surface area contributed by atoms with Crippen LogP contribution in [0.15, 0.2) is 67.0 Å². The van der Waals surface area contributed by atoms with Gasteiger partial charge < -0.3 is 15.2 Å². The summed E-state index contributed by atoms with van der Waals surface area (Å²) in [7, 11) is 1.64. The number of aromatic hydroxyl groups is 1. The van der Waals surface area contributed by atoms with Gasteiger partial charge in [-0.3, -0.25) is 4.98 Å². The lowest BCUT2D eigenvalue weighted by molar-refractivity contribution is 0.415. The molecule has 22 heavy (non-hydrogen) atoms. The van der Waals surface area contributed by atoms with Gasteiger partial charge in [0, 0.05) is 17.4 Å². The highest BCUT2D eigenvalue weighted by molar-refractivity contribution is 5.70. The predicted molar refractivity (Wildman–Crippen MR) is 87.6 cm³/mol. The van der Waals surface area contributed by atoms with E-state index in [9.17, 15) is 5.11 Å². The molecule has 110 valence electrons. The average molecular weight is 292 g/mol. The molecule has 2 aromatic carbocycles. The lowest BCUT2D eigenvalue weighted by Crippen LogP contribution is -1.92. The van der Waals surface area contributed by atoms with Crippen LogP contribution in [0.1, 0.15) is 0 Å². The third-order valence-electron chi connectivity index (χ3n) is 3.30. The van der Waals surface area contributed by atoms with Crippen molar-refractivity contribution in [2.75, 3.05) is 12.4 Å². The van der Waals surface area contributed by atoms with E-state index in [0.717, 1.165) is 28.3 Å². The SMILES string of the molecule is COc1ccc(Nc2cncc(-c3cccc(O)c3)c2)cc1. The van der Waals surface area contributed by atoms with Crippen LogP contribution in [0.3, 0.4) is 0 Å². The molecule has 0 saturated carbocycles. The molecular weight excluding hydrogens is 276 g/mol. The van der Waals surface area contributed by atoms with Crippen molar-refractivity contribution in [1.82, 2.24) is 4.98 Å². The highest BCUT2D eigenvalue weighted by Crippen LogP contribution is 2.26. The Kier molecular flexibility index (Phi) is 3.92. The maximum absolute atomic E-state index is 9.58. The van der Waals surface area contributed by atoms with Crippen LogP contribution in [-0.4, -0.2) is 17.2 Å². The zero-order valence-corrected chi connectivity index (χ0v) is 12.2. The molecule has 3 rings (SSSR count). The standard InChI is InChI=1S/C18H16N2O2/c1-22-18-7-5-15(6-8-18)20-16-9-14(11-19-12-16)13-3-2-4-17(21)10-13/h2-12,20-21H,1H3. The average Bonchev–Trinajstić information content (AvgIpc) is 2.56. The van der Waals surface area contributed by atoms with Gasteiger partial charge in [0.25, 0.3) is 0 Å². The summed E-state index contributed by atoms with van der Waals surface area (Å²) in [6.07, 6.45) is 3.53. The highest BCUT2D eigenvalue weighted by Gasteiger charge is 2.02. The molecule has 0 spiro atoms. The molecule has 0 unspecified atom stereocenters. The molecule has 0 aliphatic rings. The molecule has 0 atom stereocenters. The number of phenols is 1. The Hall–Kier alpha value is -3.01. The van der Waals surface area contributed by atoms with Crippen molar-refractivity contribution < 1.29 is 9.84 Å². The van der Waals surface area contributed by atoms with E-state index in [2.05, 4.69) is 10.3 Å². The normalized spacial score (nSPS) is 10.2. The zero-order valence-electron chi connectivity index (χ0n) is 12.2. The van der Waals surface area contributed by atoms with E-state index in [0.29, 0.717) is 0 Å². The van der Waals surface area contributed by atoms with E-state index < -0.39 is 0 Å². The van der Waals surface area contributed by atoms with Crippen molar-refractivity contribution in [3.8, 4) is 22.6 Å². The minimum absolute atomic E-state index is 0.242. The van der Waals surface area contributed by atoms with E-state index in [1.165, 1.54) is 0 Å². The van der Waals surface area contributed by atoms with Gasteiger partial charge in [0.2, 0.25) is 0 Å². The second kappa shape index (κ2) is 6.18. The van der Waals surface area contributed by atoms with Crippen molar-refractivity contribution in [3.05, 3.63) is 67.0 Å². The number of anilines is 2. The van der Waals surface area contributed by atoms with Crippen LogP contribution in [0, 0.1) is 0 Å². The molecule has 1 aromatic heterocycles. The fourth-order valence-electron chi connectivity index (χ4n) is 2.19. The first-order valence-corrected chi connectivity index (χ1v) is 6.90. The first-order valence-electron chi connectivity index (χ1n) is 6.90. The second-order valence-corrected chi connectivity index (χ2v) is 4.87. The van der Waals surface area contributed by atoms with Crippen LogP contribution in [0.25, 0.3) is 11.1 Å². The molecular formula is C18H16N2O2. The van der Waals surface area contributed by atoms with Crippen molar-refractivity contribution in [3.63, 3.8) is 0 Å². The van der Waals surface area contributed by atoms with E-state index in [-0.39, 0.29) is 5.75 Å². The number of nitrogens with zero attached hydrogens (tertiary/aromatic N) is 1. The summed E-state index contributed by atoms with van der Waals surface area (Å²) in [5.41, 5.74) is 3.70. The molecule has 0 radical (unpaired) electrons. The van der Waals surface area contributed by atoms with Gasteiger partial charge in [-0.15, -0.1) is 0 Å². The van der Waals surface area contributed by atoms with Gasteiger partial charge in [0.1, 0.15) is 11.5 Å². The molecule has 4 nitrogen and oxygen atoms in total. The van der Waals surface area contributed by atoms with Gasteiger partial charge in [-0.05, 0) is 48.0 Å². The topological polar surface area (TPSA) is 54.4 Å². The van der Waals surface area contributed by atoms with Gasteiger partial charge >= 0.3 is 0 Å². The molecule has 4 heteroatoms. The van der Waals surface area contributed by atoms with Crippen LogP contribution in [0.5, 0.6) is 11.5 Å². The quantitative estimate of drug-likeness (QED) is 0.756. The Morgan fingerprint density at radius 1 is 0.909 bits per heavy atom. The molecule has 0 bridgehead atoms. The number of rotatable bonds is 4. The maximum atomic E-state index is 9.58. The summed E-state index contributed by atoms with van der Waals surface area (Å²) in [6, 6.07) is 16.8. The van der Waals surface area contributed by atoms with Crippen molar-refractivity contribution >= 4 is 11.4 Å². The van der Waals surface area contributed by atoms with Crippen LogP contribution < -0.4 is 10.1 Å². The van der Waals surface area contributed by atoms with E-state index in [1.54, 1.807) is 31.6 Å². The first-order chi connectivity index (χ1) is 10.7. The fourth-order valence-corrected chi connectivity index (χ4v) is 2.19. The Labute approximate surface area is 129 Å². The third kappa shape index (κ3) is 3.17. The fraction of sp³-hybridized carbons (Fsp3) is 0.0556. The van der Waals surface area contributed by atoms with Gasteiger partial charge in [-0.25, -0.2) is 0 Å². The van der Waals surface area contributed by atoms with Crippen LogP contribution in [0.4, 0.5) is 11.4 Å². The smallest absolute Gasteiger partial charge is 0.119 e. The molecule has 0 amide bonds. The number of aromatic nitrogens is 1. The lowest BCUT2D eigenvalue weighted by Gasteiger charge is -2.09. The van der Waals surface area contributed by atoms with Crippen molar-refractivity contribution in [2.45, 2.75) is 0 Å².